The Morgan fingerprint density at radius 1 is 0.780 bits per heavy atom. The predicted octanol–water partition coefficient (Wildman–Crippen LogP) is 7.13. The molecule has 2 amide bonds. The van der Waals surface area contributed by atoms with Gasteiger partial charge >= 0.3 is 0 Å². The molecule has 4 aromatic carbocycles. The monoisotopic (exact) mass is 693 g/mol. The maximum atomic E-state index is 12.2. The Labute approximate surface area is 294 Å². The van der Waals surface area contributed by atoms with E-state index in [0.29, 0.717) is 30.4 Å². The fourth-order valence-electron chi connectivity index (χ4n) is 5.67. The molecule has 5 aromatic rings. The first-order valence-electron chi connectivity index (χ1n) is 16.5. The summed E-state index contributed by atoms with van der Waals surface area (Å²) in [6.07, 6.45) is 0.141. The largest absolute Gasteiger partial charge is 0.431 e. The van der Waals surface area contributed by atoms with Crippen LogP contribution < -0.4 is 10.8 Å². The van der Waals surface area contributed by atoms with E-state index in [2.05, 4.69) is 5.32 Å². The van der Waals surface area contributed by atoms with Gasteiger partial charge in [-0.2, -0.15) is 0 Å². The number of hydroxylamine groups is 1. The van der Waals surface area contributed by atoms with Crippen LogP contribution in [0.25, 0.3) is 22.6 Å². The minimum atomic E-state index is -0.637. The van der Waals surface area contributed by atoms with Gasteiger partial charge in [-0.3, -0.25) is 14.8 Å². The zero-order valence-corrected chi connectivity index (χ0v) is 28.2. The molecular weight excluding hydrogens is 655 g/mol. The van der Waals surface area contributed by atoms with Crippen LogP contribution in [0.15, 0.2) is 119 Å². The van der Waals surface area contributed by atoms with E-state index >= 15 is 0 Å². The van der Waals surface area contributed by atoms with Crippen molar-refractivity contribution in [2.24, 2.45) is 0 Å². The van der Waals surface area contributed by atoms with Gasteiger partial charge < -0.3 is 24.3 Å². The molecule has 0 unspecified atom stereocenters. The number of ether oxygens (including phenoxy) is 2. The average Bonchev–Trinajstić information content (AvgIpc) is 3.61. The molecule has 4 N–H and O–H groups in total. The van der Waals surface area contributed by atoms with E-state index in [1.54, 1.807) is 5.48 Å². The normalized spacial score (nSPS) is 17.3. The topological polar surface area (TPSA) is 143 Å². The highest BCUT2D eigenvalue weighted by Gasteiger charge is 2.33. The number of hydrogen-bond donors (Lipinski definition) is 4. The van der Waals surface area contributed by atoms with Gasteiger partial charge in [0, 0.05) is 48.3 Å². The van der Waals surface area contributed by atoms with Crippen LogP contribution in [-0.4, -0.2) is 39.0 Å². The highest BCUT2D eigenvalue weighted by Crippen LogP contribution is 2.41. The Morgan fingerprint density at radius 2 is 1.42 bits per heavy atom. The number of nitrogens with zero attached hydrogens (tertiary/aromatic N) is 1. The maximum Gasteiger partial charge on any atom is 0.256 e. The molecule has 3 atom stereocenters. The van der Waals surface area contributed by atoms with Crippen LogP contribution in [-0.2, 0) is 32.2 Å². The Hall–Kier alpha value is -4.78. The molecule has 1 aromatic heterocycles. The molecule has 1 fully saturated rings. The first-order chi connectivity index (χ1) is 24.5. The highest BCUT2D eigenvalue weighted by molar-refractivity contribution is 7.99. The third-order valence-electron chi connectivity index (χ3n) is 8.37. The molecular formula is C39H39N3O7S. The van der Waals surface area contributed by atoms with Crippen molar-refractivity contribution in [3.05, 3.63) is 131 Å². The SMILES string of the molecule is O=C(CCCC(=O)NCc1ccc([C@@H]2O[C@H](CSc3nc(-c4ccccc4)c(-c4ccccc4)o3)C[C@H](c3ccc(CO)cc3)O2)cc1)NO. The second kappa shape index (κ2) is 17.2. The van der Waals surface area contributed by atoms with Crippen molar-refractivity contribution in [3.8, 4) is 22.6 Å². The van der Waals surface area contributed by atoms with E-state index in [0.717, 1.165) is 44.8 Å². The average molecular weight is 694 g/mol. The van der Waals surface area contributed by atoms with Gasteiger partial charge in [-0.15, -0.1) is 0 Å². The first-order valence-corrected chi connectivity index (χ1v) is 17.5. The lowest BCUT2D eigenvalue weighted by Gasteiger charge is -2.36. The summed E-state index contributed by atoms with van der Waals surface area (Å²) < 4.78 is 19.4. The molecule has 1 saturated heterocycles. The maximum absolute atomic E-state index is 12.2. The lowest BCUT2D eigenvalue weighted by molar-refractivity contribution is -0.245. The summed E-state index contributed by atoms with van der Waals surface area (Å²) in [7, 11) is 0. The number of thioether (sulfide) groups is 1. The van der Waals surface area contributed by atoms with Crippen molar-refractivity contribution in [3.63, 3.8) is 0 Å². The van der Waals surface area contributed by atoms with Gasteiger partial charge in [0.1, 0.15) is 5.69 Å². The predicted molar refractivity (Wildman–Crippen MR) is 189 cm³/mol. The van der Waals surface area contributed by atoms with Crippen molar-refractivity contribution in [1.82, 2.24) is 15.8 Å². The number of aliphatic hydroxyl groups excluding tert-OH is 1. The van der Waals surface area contributed by atoms with Crippen LogP contribution in [0.1, 0.15) is 60.3 Å². The Morgan fingerprint density at radius 3 is 2.10 bits per heavy atom. The van der Waals surface area contributed by atoms with Gasteiger partial charge in [-0.1, -0.05) is 121 Å². The summed E-state index contributed by atoms with van der Waals surface area (Å²) in [6.45, 7) is 0.305. The second-order valence-electron chi connectivity index (χ2n) is 12.0. The van der Waals surface area contributed by atoms with Crippen LogP contribution in [0.4, 0.5) is 0 Å². The van der Waals surface area contributed by atoms with Crippen LogP contribution in [0, 0.1) is 0 Å². The molecule has 10 nitrogen and oxygen atoms in total. The fraction of sp³-hybridized carbons (Fsp3) is 0.256. The highest BCUT2D eigenvalue weighted by atomic mass is 32.2. The number of benzene rings is 4. The Kier molecular flexibility index (Phi) is 12.1. The third-order valence-corrected chi connectivity index (χ3v) is 9.33. The lowest BCUT2D eigenvalue weighted by atomic mass is 10.0. The van der Waals surface area contributed by atoms with Crippen molar-refractivity contribution >= 4 is 23.6 Å². The van der Waals surface area contributed by atoms with Crippen molar-refractivity contribution in [2.45, 2.75) is 62.6 Å². The molecule has 11 heteroatoms. The summed E-state index contributed by atoms with van der Waals surface area (Å²) in [5.74, 6) is 0.611. The molecule has 1 aliphatic rings. The third kappa shape index (κ3) is 9.26. The van der Waals surface area contributed by atoms with E-state index in [4.69, 9.17) is 24.1 Å². The number of nitrogens with one attached hydrogen (secondary N) is 2. The molecule has 0 aliphatic carbocycles. The Bertz CT molecular complexity index is 1780. The van der Waals surface area contributed by atoms with Crippen molar-refractivity contribution in [2.75, 3.05) is 5.75 Å². The second-order valence-corrected chi connectivity index (χ2v) is 12.9. The van der Waals surface area contributed by atoms with Gasteiger partial charge in [-0.25, -0.2) is 10.5 Å². The minimum absolute atomic E-state index is 0.0312. The standard InChI is InChI=1S/C39H39N3O7S/c43-24-27-16-18-28(19-17-27)33-22-32(25-50-39-41-36(29-8-3-1-4-9-29)37(49-39)30-10-5-2-6-11-30)47-38(48-33)31-20-14-26(15-21-31)23-40-34(44)12-7-13-35(45)42-46/h1-6,8-11,14-21,32-33,38,43,46H,7,12-13,22-25H2,(H,40,44)(H,42,45)/t32-,33+,38+/m0/s1. The summed E-state index contributed by atoms with van der Waals surface area (Å²) in [5, 5.41) is 21.6. The minimum Gasteiger partial charge on any atom is -0.431 e. The molecule has 50 heavy (non-hydrogen) atoms. The van der Waals surface area contributed by atoms with E-state index in [1.807, 2.05) is 109 Å². The van der Waals surface area contributed by atoms with E-state index in [1.165, 1.54) is 11.8 Å². The first kappa shape index (κ1) is 35.1. The quantitative estimate of drug-likeness (QED) is 0.0543. The van der Waals surface area contributed by atoms with E-state index in [-0.39, 0.29) is 37.6 Å². The number of rotatable bonds is 14. The smallest absolute Gasteiger partial charge is 0.256 e. The number of hydrogen-bond acceptors (Lipinski definition) is 9. The van der Waals surface area contributed by atoms with Gasteiger partial charge in [0.25, 0.3) is 5.22 Å². The number of oxazole rings is 1. The number of carbonyl (C=O) groups is 2. The molecule has 1 aliphatic heterocycles. The summed E-state index contributed by atoms with van der Waals surface area (Å²) in [5.41, 5.74) is 7.86. The molecule has 2 heterocycles. The summed E-state index contributed by atoms with van der Waals surface area (Å²) >= 11 is 1.51. The van der Waals surface area contributed by atoms with E-state index in [9.17, 15) is 14.7 Å². The molecule has 6 rings (SSSR count). The number of aromatic nitrogens is 1. The van der Waals surface area contributed by atoms with E-state index < -0.39 is 12.2 Å². The number of aliphatic hydroxyl groups is 1. The molecule has 258 valence electrons. The van der Waals surface area contributed by atoms with Gasteiger partial charge in [-0.05, 0) is 23.1 Å². The number of carbonyl (C=O) groups excluding carboxylic acids is 2. The van der Waals surface area contributed by atoms with Crippen molar-refractivity contribution in [1.29, 1.82) is 0 Å². The van der Waals surface area contributed by atoms with Crippen LogP contribution >= 0.6 is 11.8 Å². The van der Waals surface area contributed by atoms with Gasteiger partial charge in [0.15, 0.2) is 12.1 Å². The molecule has 0 saturated carbocycles. The zero-order valence-electron chi connectivity index (χ0n) is 27.4. The molecule has 0 radical (unpaired) electrons. The van der Waals surface area contributed by atoms with Crippen molar-refractivity contribution < 1.29 is 33.8 Å². The lowest BCUT2D eigenvalue weighted by Crippen LogP contribution is -2.31. The summed E-state index contributed by atoms with van der Waals surface area (Å²) in [6, 6.07) is 35.5. The summed E-state index contributed by atoms with van der Waals surface area (Å²) in [4.78, 5) is 28.3. The van der Waals surface area contributed by atoms with Gasteiger partial charge in [0.05, 0.1) is 18.8 Å². The van der Waals surface area contributed by atoms with Crippen LogP contribution in [0.3, 0.4) is 0 Å². The van der Waals surface area contributed by atoms with Gasteiger partial charge in [0.2, 0.25) is 11.8 Å². The number of amides is 2. The molecule has 0 spiro atoms. The fourth-order valence-corrected chi connectivity index (χ4v) is 6.51. The van der Waals surface area contributed by atoms with Crippen LogP contribution in [0.5, 0.6) is 0 Å². The van der Waals surface area contributed by atoms with Crippen LogP contribution in [0.2, 0.25) is 0 Å². The Balaban J connectivity index is 1.15. The zero-order chi connectivity index (χ0) is 34.7. The molecule has 0 bridgehead atoms.